The van der Waals surface area contributed by atoms with Crippen LogP contribution >= 0.6 is 0 Å². The van der Waals surface area contributed by atoms with E-state index in [9.17, 15) is 8.42 Å². The number of nitrogens with one attached hydrogen (secondary N) is 2. The topological polar surface area (TPSA) is 84.0 Å². The number of rotatable bonds is 7. The van der Waals surface area contributed by atoms with Gasteiger partial charge < -0.3 is 5.32 Å². The van der Waals surface area contributed by atoms with Crippen LogP contribution in [0.25, 0.3) is 0 Å². The molecule has 1 heterocycles. The molecule has 1 aromatic rings. The van der Waals surface area contributed by atoms with E-state index in [2.05, 4.69) is 40.8 Å². The number of nitrogens with zero attached hydrogens (tertiary/aromatic N) is 2. The molecule has 7 heteroatoms. The summed E-state index contributed by atoms with van der Waals surface area (Å²) in [6, 6.07) is 0. The third-order valence-corrected chi connectivity index (χ3v) is 4.91. The Kier molecular flexibility index (Phi) is 6.10. The molecule has 0 aliphatic rings. The van der Waals surface area contributed by atoms with E-state index in [4.69, 9.17) is 0 Å². The summed E-state index contributed by atoms with van der Waals surface area (Å²) < 4.78 is 27.0. The minimum Gasteiger partial charge on any atom is -0.354 e. The molecule has 0 saturated heterocycles. The fraction of sp³-hybridized carbons (Fsp3) is 0.714. The molecule has 1 atom stereocenters. The third kappa shape index (κ3) is 5.59. The summed E-state index contributed by atoms with van der Waals surface area (Å²) in [5, 5.41) is 3.01. The lowest BCUT2D eigenvalue weighted by molar-refractivity contribution is 0.263. The van der Waals surface area contributed by atoms with Crippen LogP contribution in [-0.2, 0) is 10.0 Å². The number of anilines is 1. The summed E-state index contributed by atoms with van der Waals surface area (Å²) in [4.78, 5) is 8.12. The van der Waals surface area contributed by atoms with Crippen LogP contribution in [0, 0.1) is 11.3 Å². The van der Waals surface area contributed by atoms with E-state index >= 15 is 0 Å². The highest BCUT2D eigenvalue weighted by Gasteiger charge is 2.23. The van der Waals surface area contributed by atoms with Crippen LogP contribution in [0.5, 0.6) is 0 Å². The van der Waals surface area contributed by atoms with Crippen LogP contribution in [0.2, 0.25) is 0 Å². The minimum absolute atomic E-state index is 0.0486. The van der Waals surface area contributed by atoms with Gasteiger partial charge in [0.25, 0.3) is 0 Å². The zero-order valence-corrected chi connectivity index (χ0v) is 14.3. The average Bonchev–Trinajstić information content (AvgIpc) is 2.42. The Morgan fingerprint density at radius 1 is 1.24 bits per heavy atom. The van der Waals surface area contributed by atoms with Gasteiger partial charge in [-0.05, 0) is 17.8 Å². The molecule has 120 valence electrons. The maximum atomic E-state index is 12.2. The number of hydrogen-bond acceptors (Lipinski definition) is 5. The molecule has 2 N–H and O–H groups in total. The van der Waals surface area contributed by atoms with Gasteiger partial charge in [-0.1, -0.05) is 34.6 Å². The summed E-state index contributed by atoms with van der Waals surface area (Å²) in [6.07, 6.45) is 3.61. The molecule has 1 rings (SSSR count). The van der Waals surface area contributed by atoms with Crippen LogP contribution in [0.1, 0.15) is 41.0 Å². The fourth-order valence-electron chi connectivity index (χ4n) is 1.41. The molecule has 1 unspecified atom stereocenters. The average molecular weight is 314 g/mol. The Bertz CT molecular complexity index is 535. The van der Waals surface area contributed by atoms with Crippen LogP contribution in [0.15, 0.2) is 17.3 Å². The van der Waals surface area contributed by atoms with Gasteiger partial charge in [0.1, 0.15) is 4.90 Å². The molecule has 0 fully saturated rings. The van der Waals surface area contributed by atoms with Crippen molar-refractivity contribution in [3.63, 3.8) is 0 Å². The molecular formula is C14H26N4O2S. The second-order valence-corrected chi connectivity index (χ2v) is 8.06. The van der Waals surface area contributed by atoms with Gasteiger partial charge in [-0.15, -0.1) is 0 Å². The number of aromatic nitrogens is 2. The van der Waals surface area contributed by atoms with Crippen molar-refractivity contribution in [3.05, 3.63) is 12.4 Å². The smallest absolute Gasteiger partial charge is 0.243 e. The maximum absolute atomic E-state index is 12.2. The van der Waals surface area contributed by atoms with Crippen molar-refractivity contribution in [3.8, 4) is 0 Å². The zero-order valence-electron chi connectivity index (χ0n) is 13.5. The maximum Gasteiger partial charge on any atom is 0.243 e. The Morgan fingerprint density at radius 2 is 1.81 bits per heavy atom. The predicted molar refractivity (Wildman–Crippen MR) is 84.6 cm³/mol. The third-order valence-electron chi connectivity index (χ3n) is 3.53. The second-order valence-electron chi connectivity index (χ2n) is 6.29. The molecular weight excluding hydrogens is 288 g/mol. The molecule has 21 heavy (non-hydrogen) atoms. The summed E-state index contributed by atoms with van der Waals surface area (Å²) in [5.74, 6) is 0.664. The van der Waals surface area contributed by atoms with E-state index in [0.717, 1.165) is 13.0 Å². The van der Waals surface area contributed by atoms with Gasteiger partial charge in [0.15, 0.2) is 0 Å². The largest absolute Gasteiger partial charge is 0.354 e. The van der Waals surface area contributed by atoms with E-state index < -0.39 is 10.0 Å². The van der Waals surface area contributed by atoms with Crippen molar-refractivity contribution < 1.29 is 8.42 Å². The van der Waals surface area contributed by atoms with E-state index in [0.29, 0.717) is 12.5 Å². The summed E-state index contributed by atoms with van der Waals surface area (Å²) in [6.45, 7) is 11.5. The summed E-state index contributed by atoms with van der Waals surface area (Å²) in [5.41, 5.74) is 0.0486. The quantitative estimate of drug-likeness (QED) is 0.806. The van der Waals surface area contributed by atoms with Crippen LogP contribution in [0.3, 0.4) is 0 Å². The Morgan fingerprint density at radius 3 is 2.29 bits per heavy atom. The van der Waals surface area contributed by atoms with E-state index in [1.165, 1.54) is 12.4 Å². The number of hydrogen-bond donors (Lipinski definition) is 2. The van der Waals surface area contributed by atoms with Gasteiger partial charge in [0, 0.05) is 13.1 Å². The lowest BCUT2D eigenvalue weighted by atomic mass is 9.82. The van der Waals surface area contributed by atoms with Crippen LogP contribution < -0.4 is 10.0 Å². The Hall–Kier alpha value is -1.21. The number of sulfonamides is 1. The molecule has 0 amide bonds. The van der Waals surface area contributed by atoms with Gasteiger partial charge in [0.05, 0.1) is 12.4 Å². The van der Waals surface area contributed by atoms with Gasteiger partial charge in [0.2, 0.25) is 16.0 Å². The first-order valence-electron chi connectivity index (χ1n) is 7.22. The van der Waals surface area contributed by atoms with Crippen LogP contribution in [-0.4, -0.2) is 31.5 Å². The van der Waals surface area contributed by atoms with Gasteiger partial charge >= 0.3 is 0 Å². The van der Waals surface area contributed by atoms with Crippen molar-refractivity contribution in [2.45, 2.75) is 45.9 Å². The molecule has 0 aliphatic carbocycles. The van der Waals surface area contributed by atoms with Gasteiger partial charge in [-0.25, -0.2) is 23.1 Å². The molecule has 0 aromatic carbocycles. The lowest BCUT2D eigenvalue weighted by Crippen LogP contribution is -2.33. The molecule has 0 bridgehead atoms. The standard InChI is InChI=1S/C14H26N4O2S/c1-6-7-15-13-16-9-12(10-17-13)21(19,20)18-8-11(2)14(3,4)5/h9-11,18H,6-8H2,1-5H3,(H,15,16,17). The molecule has 0 saturated carbocycles. The molecule has 0 aliphatic heterocycles. The monoisotopic (exact) mass is 314 g/mol. The minimum atomic E-state index is -3.56. The van der Waals surface area contributed by atoms with Gasteiger partial charge in [-0.3, -0.25) is 0 Å². The fourth-order valence-corrected chi connectivity index (χ4v) is 2.43. The summed E-state index contributed by atoms with van der Waals surface area (Å²) >= 11 is 0. The van der Waals surface area contributed by atoms with Crippen molar-refractivity contribution >= 4 is 16.0 Å². The van der Waals surface area contributed by atoms with E-state index in [1.807, 2.05) is 13.8 Å². The Balaban J connectivity index is 2.70. The van der Waals surface area contributed by atoms with Crippen molar-refractivity contribution in [1.82, 2.24) is 14.7 Å². The first-order chi connectivity index (χ1) is 9.66. The van der Waals surface area contributed by atoms with Crippen LogP contribution in [0.4, 0.5) is 5.95 Å². The normalized spacial score (nSPS) is 14.0. The Labute approximate surface area is 127 Å². The molecule has 0 radical (unpaired) electrons. The highest BCUT2D eigenvalue weighted by molar-refractivity contribution is 7.89. The highest BCUT2D eigenvalue weighted by atomic mass is 32.2. The second kappa shape index (κ2) is 7.17. The van der Waals surface area contributed by atoms with E-state index in [-0.39, 0.29) is 16.2 Å². The molecule has 0 spiro atoms. The highest BCUT2D eigenvalue weighted by Crippen LogP contribution is 2.24. The lowest BCUT2D eigenvalue weighted by Gasteiger charge is -2.27. The molecule has 1 aromatic heterocycles. The van der Waals surface area contributed by atoms with Crippen molar-refractivity contribution in [2.24, 2.45) is 11.3 Å². The van der Waals surface area contributed by atoms with Crippen molar-refractivity contribution in [1.29, 1.82) is 0 Å². The zero-order chi connectivity index (χ0) is 16.1. The summed E-state index contributed by atoms with van der Waals surface area (Å²) in [7, 11) is -3.56. The van der Waals surface area contributed by atoms with E-state index in [1.54, 1.807) is 0 Å². The van der Waals surface area contributed by atoms with Gasteiger partial charge in [-0.2, -0.15) is 0 Å². The SMILES string of the molecule is CCCNc1ncc(S(=O)(=O)NCC(C)C(C)(C)C)cn1. The molecule has 6 nitrogen and oxygen atoms in total. The first kappa shape index (κ1) is 17.8. The van der Waals surface area contributed by atoms with Crippen molar-refractivity contribution in [2.75, 3.05) is 18.4 Å². The predicted octanol–water partition coefficient (Wildman–Crippen LogP) is 2.26. The first-order valence-corrected chi connectivity index (χ1v) is 8.70.